The number of nitrogens with zero attached hydrogens (tertiary/aromatic N) is 2. The summed E-state index contributed by atoms with van der Waals surface area (Å²) in [6.07, 6.45) is 0.702. The van der Waals surface area contributed by atoms with Crippen molar-refractivity contribution in [3.63, 3.8) is 0 Å². The molecule has 1 fully saturated rings. The number of ether oxygens (including phenoxy) is 1. The maximum atomic E-state index is 13.6. The average molecular weight is 408 g/mol. The van der Waals surface area contributed by atoms with E-state index in [-0.39, 0.29) is 24.3 Å². The Hall–Kier alpha value is -2.99. The second kappa shape index (κ2) is 8.40. The second-order valence-electron chi connectivity index (χ2n) is 7.95. The molecule has 1 saturated heterocycles. The maximum absolute atomic E-state index is 13.6. The molecule has 1 aliphatic heterocycles. The zero-order valence-electron chi connectivity index (χ0n) is 17.1. The van der Waals surface area contributed by atoms with Crippen molar-refractivity contribution in [3.05, 3.63) is 59.9 Å². The molecule has 2 heterocycles. The number of benzene rings is 2. The molecule has 0 radical (unpaired) electrons. The van der Waals surface area contributed by atoms with E-state index >= 15 is 0 Å². The van der Waals surface area contributed by atoms with Crippen LogP contribution in [0.1, 0.15) is 24.8 Å². The first-order chi connectivity index (χ1) is 14.4. The van der Waals surface area contributed by atoms with E-state index in [9.17, 15) is 14.3 Å². The summed E-state index contributed by atoms with van der Waals surface area (Å²) in [5.74, 6) is 0.187. The summed E-state index contributed by atoms with van der Waals surface area (Å²) in [6, 6.07) is 14.4. The van der Waals surface area contributed by atoms with Crippen LogP contribution in [0.25, 0.3) is 22.0 Å². The van der Waals surface area contributed by atoms with Crippen LogP contribution < -0.4 is 4.90 Å². The van der Waals surface area contributed by atoms with Gasteiger partial charge in [-0.3, -0.25) is 4.79 Å². The lowest BCUT2D eigenvalue weighted by atomic mass is 9.91. The Morgan fingerprint density at radius 3 is 2.60 bits per heavy atom. The number of esters is 1. The number of para-hydroxylation sites is 1. The summed E-state index contributed by atoms with van der Waals surface area (Å²) in [5, 5.41) is 10.9. The van der Waals surface area contributed by atoms with Gasteiger partial charge >= 0.3 is 5.97 Å². The zero-order valence-corrected chi connectivity index (χ0v) is 17.1. The van der Waals surface area contributed by atoms with Crippen LogP contribution in [-0.4, -0.2) is 42.4 Å². The fraction of sp³-hybridized carbons (Fsp3) is 0.333. The Labute approximate surface area is 175 Å². The van der Waals surface area contributed by atoms with Crippen LogP contribution in [0.2, 0.25) is 0 Å². The molecular formula is C24H25FN2O3. The highest BCUT2D eigenvalue weighted by atomic mass is 19.1. The van der Waals surface area contributed by atoms with Gasteiger partial charge in [-0.2, -0.15) is 0 Å². The Morgan fingerprint density at radius 2 is 1.90 bits per heavy atom. The number of carbonyl (C=O) groups excluding carboxylic acids is 1. The summed E-state index contributed by atoms with van der Waals surface area (Å²) < 4.78 is 19.0. The monoisotopic (exact) mass is 408 g/mol. The summed E-state index contributed by atoms with van der Waals surface area (Å²) in [4.78, 5) is 18.6. The summed E-state index contributed by atoms with van der Waals surface area (Å²) >= 11 is 0. The SMILES string of the molecule is CN(C)c1nc2ccccc2c(-c2ccc(F)cc2)c1CC[C@@H]1C[C@H](O)CC(=O)O1. The van der Waals surface area contributed by atoms with E-state index in [4.69, 9.17) is 9.72 Å². The number of aliphatic hydroxyl groups is 1. The molecule has 1 aromatic heterocycles. The number of fused-ring (bicyclic) bond motifs is 1. The van der Waals surface area contributed by atoms with Gasteiger partial charge in [0.25, 0.3) is 0 Å². The Balaban J connectivity index is 1.81. The molecule has 0 spiro atoms. The highest BCUT2D eigenvalue weighted by molar-refractivity contribution is 5.98. The molecule has 0 saturated carbocycles. The number of rotatable bonds is 5. The number of anilines is 1. The highest BCUT2D eigenvalue weighted by Crippen LogP contribution is 2.37. The quantitative estimate of drug-likeness (QED) is 0.644. The van der Waals surface area contributed by atoms with Crippen LogP contribution in [0.5, 0.6) is 0 Å². The number of pyridine rings is 1. The smallest absolute Gasteiger partial charge is 0.308 e. The molecule has 156 valence electrons. The summed E-state index contributed by atoms with van der Waals surface area (Å²) in [7, 11) is 3.89. The van der Waals surface area contributed by atoms with Gasteiger partial charge < -0.3 is 14.7 Å². The molecule has 0 unspecified atom stereocenters. The predicted octanol–water partition coefficient (Wildman–Crippen LogP) is 4.11. The molecule has 6 heteroatoms. The minimum atomic E-state index is -0.657. The molecule has 5 nitrogen and oxygen atoms in total. The molecule has 1 N–H and O–H groups in total. The molecule has 3 aromatic rings. The first-order valence-electron chi connectivity index (χ1n) is 10.1. The lowest BCUT2D eigenvalue weighted by Gasteiger charge is -2.27. The van der Waals surface area contributed by atoms with Crippen LogP contribution in [0, 0.1) is 5.82 Å². The van der Waals surface area contributed by atoms with Gasteiger partial charge in [-0.25, -0.2) is 9.37 Å². The van der Waals surface area contributed by atoms with Crippen LogP contribution >= 0.6 is 0 Å². The van der Waals surface area contributed by atoms with Crippen molar-refractivity contribution < 1.29 is 19.0 Å². The third kappa shape index (κ3) is 4.14. The van der Waals surface area contributed by atoms with Gasteiger partial charge in [0.15, 0.2) is 0 Å². The molecule has 2 atom stereocenters. The standard InChI is InChI=1S/C24H25FN2O3/c1-27(2)24-20(12-11-18-13-17(28)14-22(29)30-18)23(15-7-9-16(25)10-8-15)19-5-3-4-6-21(19)26-24/h3-10,17-18,28H,11-14H2,1-2H3/t17-,18+/m0/s1. The van der Waals surface area contributed by atoms with Crippen molar-refractivity contribution in [2.75, 3.05) is 19.0 Å². The maximum Gasteiger partial charge on any atom is 0.308 e. The fourth-order valence-corrected chi connectivity index (χ4v) is 4.13. The number of aromatic nitrogens is 1. The fourth-order valence-electron chi connectivity index (χ4n) is 4.13. The lowest BCUT2D eigenvalue weighted by molar-refractivity contribution is -0.160. The summed E-state index contributed by atoms with van der Waals surface area (Å²) in [5.41, 5.74) is 3.80. The second-order valence-corrected chi connectivity index (χ2v) is 7.95. The number of cyclic esters (lactones) is 1. The van der Waals surface area contributed by atoms with Gasteiger partial charge in [0, 0.05) is 31.5 Å². The highest BCUT2D eigenvalue weighted by Gasteiger charge is 2.28. The number of aliphatic hydroxyl groups excluding tert-OH is 1. The van der Waals surface area contributed by atoms with Gasteiger partial charge in [-0.05, 0) is 42.2 Å². The van der Waals surface area contributed by atoms with Crippen molar-refractivity contribution in [1.29, 1.82) is 0 Å². The Morgan fingerprint density at radius 1 is 1.17 bits per heavy atom. The van der Waals surface area contributed by atoms with Crippen molar-refractivity contribution >= 4 is 22.7 Å². The van der Waals surface area contributed by atoms with Gasteiger partial charge in [0.05, 0.1) is 18.0 Å². The molecule has 2 aromatic carbocycles. The normalized spacial score (nSPS) is 19.0. The predicted molar refractivity (Wildman–Crippen MR) is 115 cm³/mol. The van der Waals surface area contributed by atoms with E-state index in [0.717, 1.165) is 33.4 Å². The summed E-state index contributed by atoms with van der Waals surface area (Å²) in [6.45, 7) is 0. The van der Waals surface area contributed by atoms with Gasteiger partial charge in [-0.15, -0.1) is 0 Å². The zero-order chi connectivity index (χ0) is 21.3. The molecule has 4 rings (SSSR count). The molecule has 0 amide bonds. The van der Waals surface area contributed by atoms with Crippen LogP contribution in [0.4, 0.5) is 10.2 Å². The molecule has 30 heavy (non-hydrogen) atoms. The Bertz CT molecular complexity index is 1070. The molecule has 0 bridgehead atoms. The Kier molecular flexibility index (Phi) is 5.68. The number of halogens is 1. The van der Waals surface area contributed by atoms with Crippen molar-refractivity contribution in [2.24, 2.45) is 0 Å². The van der Waals surface area contributed by atoms with Gasteiger partial charge in [0.1, 0.15) is 17.7 Å². The van der Waals surface area contributed by atoms with Crippen molar-refractivity contribution in [1.82, 2.24) is 4.98 Å². The van der Waals surface area contributed by atoms with Crippen LogP contribution in [-0.2, 0) is 16.0 Å². The molecule has 0 aliphatic carbocycles. The third-order valence-electron chi connectivity index (χ3n) is 5.48. The average Bonchev–Trinajstić information content (AvgIpc) is 2.71. The topological polar surface area (TPSA) is 62.7 Å². The van der Waals surface area contributed by atoms with E-state index in [1.54, 1.807) is 12.1 Å². The molecular weight excluding hydrogens is 383 g/mol. The number of hydrogen-bond donors (Lipinski definition) is 1. The first-order valence-corrected chi connectivity index (χ1v) is 10.1. The lowest BCUT2D eigenvalue weighted by Crippen LogP contribution is -2.33. The van der Waals surface area contributed by atoms with Crippen LogP contribution in [0.15, 0.2) is 48.5 Å². The van der Waals surface area contributed by atoms with E-state index in [0.29, 0.717) is 19.3 Å². The minimum Gasteiger partial charge on any atom is -0.462 e. The third-order valence-corrected chi connectivity index (χ3v) is 5.48. The molecule has 1 aliphatic rings. The number of carbonyl (C=O) groups is 1. The first kappa shape index (κ1) is 20.3. The van der Waals surface area contributed by atoms with E-state index in [1.165, 1.54) is 12.1 Å². The number of hydrogen-bond acceptors (Lipinski definition) is 5. The van der Waals surface area contributed by atoms with Crippen molar-refractivity contribution in [3.8, 4) is 11.1 Å². The van der Waals surface area contributed by atoms with E-state index < -0.39 is 6.10 Å². The van der Waals surface area contributed by atoms with Crippen LogP contribution in [0.3, 0.4) is 0 Å². The van der Waals surface area contributed by atoms with Gasteiger partial charge in [-0.1, -0.05) is 30.3 Å². The van der Waals surface area contributed by atoms with E-state index in [2.05, 4.69) is 0 Å². The minimum absolute atomic E-state index is 0.0534. The van der Waals surface area contributed by atoms with Gasteiger partial charge in [0.2, 0.25) is 0 Å². The van der Waals surface area contributed by atoms with E-state index in [1.807, 2.05) is 43.3 Å². The largest absolute Gasteiger partial charge is 0.462 e. The van der Waals surface area contributed by atoms with Crippen molar-refractivity contribution in [2.45, 2.75) is 37.9 Å².